The number of methoxy groups -OCH3 is 1. The van der Waals surface area contributed by atoms with E-state index < -0.39 is 0 Å². The van der Waals surface area contributed by atoms with Gasteiger partial charge in [-0.2, -0.15) is 0 Å². The average molecular weight is 301 g/mol. The third-order valence-electron chi connectivity index (χ3n) is 2.75. The van der Waals surface area contributed by atoms with Gasteiger partial charge >= 0.3 is 0 Å². The Morgan fingerprint density at radius 2 is 2.18 bits per heavy atom. The van der Waals surface area contributed by atoms with E-state index in [4.69, 9.17) is 10.5 Å². The van der Waals surface area contributed by atoms with Gasteiger partial charge in [0.15, 0.2) is 0 Å². The van der Waals surface area contributed by atoms with Crippen molar-refractivity contribution in [1.82, 2.24) is 0 Å². The van der Waals surface area contributed by atoms with Crippen molar-refractivity contribution in [3.05, 3.63) is 28.2 Å². The molecule has 3 nitrogen and oxygen atoms in total. The number of anilines is 1. The third kappa shape index (κ3) is 4.30. The minimum Gasteiger partial charge on any atom is -0.385 e. The van der Waals surface area contributed by atoms with Crippen LogP contribution in [0.5, 0.6) is 0 Å². The SMILES string of the molecule is COCCCN(C)c1ccc(C(C)N)cc1Br. The molecule has 1 unspecified atom stereocenters. The molecule has 0 saturated heterocycles. The van der Waals surface area contributed by atoms with E-state index in [0.29, 0.717) is 0 Å². The lowest BCUT2D eigenvalue weighted by Crippen LogP contribution is -2.20. The maximum absolute atomic E-state index is 5.86. The van der Waals surface area contributed by atoms with Crippen LogP contribution in [0.25, 0.3) is 0 Å². The number of nitrogens with zero attached hydrogens (tertiary/aromatic N) is 1. The maximum atomic E-state index is 5.86. The van der Waals surface area contributed by atoms with E-state index in [0.717, 1.165) is 29.6 Å². The van der Waals surface area contributed by atoms with Crippen LogP contribution in [-0.4, -0.2) is 27.3 Å². The van der Waals surface area contributed by atoms with Crippen molar-refractivity contribution < 1.29 is 4.74 Å². The van der Waals surface area contributed by atoms with Crippen LogP contribution in [0.4, 0.5) is 5.69 Å². The van der Waals surface area contributed by atoms with Gasteiger partial charge in [-0.05, 0) is 47.0 Å². The van der Waals surface area contributed by atoms with Gasteiger partial charge in [-0.3, -0.25) is 0 Å². The first-order valence-corrected chi connectivity index (χ1v) is 6.60. The Hall–Kier alpha value is -0.580. The Morgan fingerprint density at radius 3 is 2.71 bits per heavy atom. The van der Waals surface area contributed by atoms with Crippen molar-refractivity contribution in [2.75, 3.05) is 32.2 Å². The number of rotatable bonds is 6. The molecule has 0 aliphatic heterocycles. The van der Waals surface area contributed by atoms with Crippen molar-refractivity contribution in [1.29, 1.82) is 0 Å². The molecule has 0 spiro atoms. The quantitative estimate of drug-likeness (QED) is 0.821. The van der Waals surface area contributed by atoms with Crippen LogP contribution in [0.15, 0.2) is 22.7 Å². The van der Waals surface area contributed by atoms with Crippen LogP contribution >= 0.6 is 15.9 Å². The minimum atomic E-state index is 0.0687. The molecular weight excluding hydrogens is 280 g/mol. The summed E-state index contributed by atoms with van der Waals surface area (Å²) in [4.78, 5) is 2.22. The smallest absolute Gasteiger partial charge is 0.0508 e. The van der Waals surface area contributed by atoms with E-state index in [-0.39, 0.29) is 6.04 Å². The summed E-state index contributed by atoms with van der Waals surface area (Å²) in [5, 5.41) is 0. The van der Waals surface area contributed by atoms with E-state index in [9.17, 15) is 0 Å². The van der Waals surface area contributed by atoms with Crippen molar-refractivity contribution in [2.45, 2.75) is 19.4 Å². The molecule has 0 aliphatic rings. The summed E-state index contributed by atoms with van der Waals surface area (Å²) in [5.41, 5.74) is 8.19. The number of ether oxygens (including phenoxy) is 1. The highest BCUT2D eigenvalue weighted by Crippen LogP contribution is 2.28. The first-order chi connectivity index (χ1) is 8.06. The van der Waals surface area contributed by atoms with E-state index in [1.807, 2.05) is 6.92 Å². The normalized spacial score (nSPS) is 12.5. The van der Waals surface area contributed by atoms with Crippen LogP contribution in [0, 0.1) is 0 Å². The van der Waals surface area contributed by atoms with Crippen molar-refractivity contribution in [3.8, 4) is 0 Å². The second-order valence-electron chi connectivity index (χ2n) is 4.27. The van der Waals surface area contributed by atoms with Gasteiger partial charge in [0.05, 0.1) is 5.69 Å². The molecule has 1 aromatic carbocycles. The average Bonchev–Trinajstić information content (AvgIpc) is 2.28. The molecule has 17 heavy (non-hydrogen) atoms. The molecule has 1 aromatic rings. The third-order valence-corrected chi connectivity index (χ3v) is 3.39. The zero-order valence-corrected chi connectivity index (χ0v) is 12.3. The van der Waals surface area contributed by atoms with E-state index >= 15 is 0 Å². The number of nitrogens with two attached hydrogens (primary N) is 1. The highest BCUT2D eigenvalue weighted by atomic mass is 79.9. The molecule has 1 atom stereocenters. The van der Waals surface area contributed by atoms with Crippen LogP contribution in [0.2, 0.25) is 0 Å². The zero-order valence-electron chi connectivity index (χ0n) is 10.7. The van der Waals surface area contributed by atoms with Gasteiger partial charge in [-0.1, -0.05) is 6.07 Å². The van der Waals surface area contributed by atoms with Crippen LogP contribution in [-0.2, 0) is 4.74 Å². The summed E-state index contributed by atoms with van der Waals surface area (Å²) in [6.45, 7) is 3.76. The Labute approximate surface area is 112 Å². The summed E-state index contributed by atoms with van der Waals surface area (Å²) >= 11 is 3.60. The van der Waals surface area contributed by atoms with Crippen molar-refractivity contribution in [3.63, 3.8) is 0 Å². The number of hydrogen-bond donors (Lipinski definition) is 1. The molecule has 0 amide bonds. The fourth-order valence-electron chi connectivity index (χ4n) is 1.68. The van der Waals surface area contributed by atoms with E-state index in [2.05, 4.69) is 46.1 Å². The molecule has 0 bridgehead atoms. The van der Waals surface area contributed by atoms with Gasteiger partial charge in [-0.25, -0.2) is 0 Å². The topological polar surface area (TPSA) is 38.5 Å². The van der Waals surface area contributed by atoms with Gasteiger partial charge in [0.2, 0.25) is 0 Å². The molecule has 0 radical (unpaired) electrons. The second kappa shape index (κ2) is 6.99. The summed E-state index contributed by atoms with van der Waals surface area (Å²) in [6.07, 6.45) is 1.02. The fraction of sp³-hybridized carbons (Fsp3) is 0.538. The fourth-order valence-corrected chi connectivity index (χ4v) is 2.38. The van der Waals surface area contributed by atoms with Crippen LogP contribution in [0.3, 0.4) is 0 Å². The Morgan fingerprint density at radius 1 is 1.47 bits per heavy atom. The zero-order chi connectivity index (χ0) is 12.8. The molecule has 96 valence electrons. The lowest BCUT2D eigenvalue weighted by Gasteiger charge is -2.21. The van der Waals surface area contributed by atoms with Gasteiger partial charge < -0.3 is 15.4 Å². The van der Waals surface area contributed by atoms with E-state index in [1.54, 1.807) is 7.11 Å². The Kier molecular flexibility index (Phi) is 5.95. The van der Waals surface area contributed by atoms with Gasteiger partial charge in [0, 0.05) is 37.8 Å². The van der Waals surface area contributed by atoms with Crippen LogP contribution < -0.4 is 10.6 Å². The molecule has 2 N–H and O–H groups in total. The monoisotopic (exact) mass is 300 g/mol. The Balaban J connectivity index is 2.70. The highest BCUT2D eigenvalue weighted by Gasteiger charge is 2.08. The lowest BCUT2D eigenvalue weighted by molar-refractivity contribution is 0.196. The maximum Gasteiger partial charge on any atom is 0.0508 e. The second-order valence-corrected chi connectivity index (χ2v) is 5.12. The number of benzene rings is 1. The molecule has 1 rings (SSSR count). The molecule has 0 aromatic heterocycles. The van der Waals surface area contributed by atoms with Gasteiger partial charge in [0.25, 0.3) is 0 Å². The summed E-state index contributed by atoms with van der Waals surface area (Å²) in [7, 11) is 3.81. The number of hydrogen-bond acceptors (Lipinski definition) is 3. The summed E-state index contributed by atoms with van der Waals surface area (Å²) in [5.74, 6) is 0. The Bertz CT molecular complexity index is 355. The summed E-state index contributed by atoms with van der Waals surface area (Å²) in [6, 6.07) is 6.35. The largest absolute Gasteiger partial charge is 0.385 e. The molecule has 0 fully saturated rings. The minimum absolute atomic E-state index is 0.0687. The molecule has 0 heterocycles. The molecule has 0 aliphatic carbocycles. The van der Waals surface area contributed by atoms with Crippen LogP contribution in [0.1, 0.15) is 24.9 Å². The summed E-state index contributed by atoms with van der Waals surface area (Å²) < 4.78 is 6.14. The lowest BCUT2D eigenvalue weighted by atomic mass is 10.1. The number of halogens is 1. The van der Waals surface area contributed by atoms with Gasteiger partial charge in [-0.15, -0.1) is 0 Å². The first kappa shape index (κ1) is 14.5. The van der Waals surface area contributed by atoms with Gasteiger partial charge in [0.1, 0.15) is 0 Å². The predicted octanol–water partition coefficient (Wildman–Crippen LogP) is 2.94. The van der Waals surface area contributed by atoms with Crippen molar-refractivity contribution >= 4 is 21.6 Å². The molecule has 0 saturated carbocycles. The highest BCUT2D eigenvalue weighted by molar-refractivity contribution is 9.10. The van der Waals surface area contributed by atoms with Crippen molar-refractivity contribution in [2.24, 2.45) is 5.73 Å². The van der Waals surface area contributed by atoms with E-state index in [1.165, 1.54) is 5.69 Å². The predicted molar refractivity (Wildman–Crippen MR) is 76.5 cm³/mol. The molecule has 4 heteroatoms. The standard InChI is InChI=1S/C13H21BrN2O/c1-10(15)11-5-6-13(12(14)9-11)16(2)7-4-8-17-3/h5-6,9-10H,4,7-8,15H2,1-3H3. The molecular formula is C13H21BrN2O. The first-order valence-electron chi connectivity index (χ1n) is 5.81.